The fraction of sp³-hybridized carbons (Fsp3) is 0.333. The van der Waals surface area contributed by atoms with E-state index in [0.29, 0.717) is 18.5 Å². The summed E-state index contributed by atoms with van der Waals surface area (Å²) in [4.78, 5) is 0.235. The van der Waals surface area contributed by atoms with Gasteiger partial charge in [-0.2, -0.15) is 0 Å². The minimum absolute atomic E-state index is 0.182. The standard InChI is InChI=1S/C15H20N2O3S/c1-11-10-14(7-8-15(11)16)21(18,19)17-12(2)5-6-13-4-3-9-20-13/h3-4,7-10,12,17H,5-6,16H2,1-2H3. The van der Waals surface area contributed by atoms with Crippen molar-refractivity contribution in [3.63, 3.8) is 0 Å². The maximum Gasteiger partial charge on any atom is 0.240 e. The molecule has 6 heteroatoms. The van der Waals surface area contributed by atoms with Crippen LogP contribution in [0.5, 0.6) is 0 Å². The highest BCUT2D eigenvalue weighted by atomic mass is 32.2. The quantitative estimate of drug-likeness (QED) is 0.803. The summed E-state index contributed by atoms with van der Waals surface area (Å²) < 4.78 is 32.5. The monoisotopic (exact) mass is 308 g/mol. The molecule has 1 aromatic heterocycles. The molecule has 0 aliphatic rings. The molecule has 0 spiro atoms. The van der Waals surface area contributed by atoms with Crippen molar-refractivity contribution in [1.29, 1.82) is 0 Å². The summed E-state index contributed by atoms with van der Waals surface area (Å²) in [6.45, 7) is 3.62. The van der Waals surface area contributed by atoms with Crippen LogP contribution in [0.3, 0.4) is 0 Å². The van der Waals surface area contributed by atoms with Gasteiger partial charge in [-0.3, -0.25) is 0 Å². The second-order valence-electron chi connectivity index (χ2n) is 5.16. The van der Waals surface area contributed by atoms with Crippen LogP contribution < -0.4 is 10.5 Å². The van der Waals surface area contributed by atoms with E-state index in [2.05, 4.69) is 4.72 Å². The van der Waals surface area contributed by atoms with Crippen molar-refractivity contribution in [2.24, 2.45) is 0 Å². The Balaban J connectivity index is 2.01. The fourth-order valence-corrected chi connectivity index (χ4v) is 3.38. The topological polar surface area (TPSA) is 85.3 Å². The van der Waals surface area contributed by atoms with Gasteiger partial charge in [0.15, 0.2) is 0 Å². The second-order valence-corrected chi connectivity index (χ2v) is 6.87. The Labute approximate surface area is 125 Å². The normalized spacial score (nSPS) is 13.2. The van der Waals surface area contributed by atoms with E-state index in [9.17, 15) is 8.42 Å². The average molecular weight is 308 g/mol. The molecule has 0 radical (unpaired) electrons. The molecule has 5 nitrogen and oxygen atoms in total. The number of aryl methyl sites for hydroxylation is 2. The van der Waals surface area contributed by atoms with Crippen LogP contribution in [0, 0.1) is 6.92 Å². The molecule has 114 valence electrons. The Morgan fingerprint density at radius 3 is 2.71 bits per heavy atom. The summed E-state index contributed by atoms with van der Waals surface area (Å²) in [5.74, 6) is 0.851. The lowest BCUT2D eigenvalue weighted by Crippen LogP contribution is -2.33. The van der Waals surface area contributed by atoms with Crippen LogP contribution in [0.2, 0.25) is 0 Å². The van der Waals surface area contributed by atoms with Crippen LogP contribution in [-0.2, 0) is 16.4 Å². The molecular formula is C15H20N2O3S. The van der Waals surface area contributed by atoms with Gasteiger partial charge in [0.2, 0.25) is 10.0 Å². The zero-order valence-electron chi connectivity index (χ0n) is 12.2. The Morgan fingerprint density at radius 1 is 1.33 bits per heavy atom. The Kier molecular flexibility index (Phi) is 4.69. The molecule has 21 heavy (non-hydrogen) atoms. The summed E-state index contributed by atoms with van der Waals surface area (Å²) >= 11 is 0. The minimum atomic E-state index is -3.53. The third-order valence-corrected chi connectivity index (χ3v) is 4.90. The molecule has 0 bridgehead atoms. The summed E-state index contributed by atoms with van der Waals surface area (Å²) in [5.41, 5.74) is 7.04. The van der Waals surface area contributed by atoms with Crippen molar-refractivity contribution in [2.75, 3.05) is 5.73 Å². The van der Waals surface area contributed by atoms with Crippen molar-refractivity contribution < 1.29 is 12.8 Å². The molecule has 1 aromatic carbocycles. The van der Waals surface area contributed by atoms with E-state index in [0.717, 1.165) is 11.3 Å². The van der Waals surface area contributed by atoms with Gasteiger partial charge in [-0.25, -0.2) is 13.1 Å². The lowest BCUT2D eigenvalue weighted by Gasteiger charge is -2.14. The van der Waals surface area contributed by atoms with E-state index in [1.807, 2.05) is 19.1 Å². The van der Waals surface area contributed by atoms with Gasteiger partial charge in [-0.05, 0) is 56.2 Å². The maximum atomic E-state index is 12.3. The van der Waals surface area contributed by atoms with Gasteiger partial charge in [0.1, 0.15) is 5.76 Å². The Hall–Kier alpha value is -1.79. The molecule has 1 atom stereocenters. The third-order valence-electron chi connectivity index (χ3n) is 3.31. The first-order valence-electron chi connectivity index (χ1n) is 6.79. The van der Waals surface area contributed by atoms with Crippen molar-refractivity contribution >= 4 is 15.7 Å². The SMILES string of the molecule is Cc1cc(S(=O)(=O)NC(C)CCc2ccco2)ccc1N. The molecule has 3 N–H and O–H groups in total. The van der Waals surface area contributed by atoms with Gasteiger partial charge in [0.05, 0.1) is 11.2 Å². The van der Waals surface area contributed by atoms with E-state index in [1.54, 1.807) is 25.3 Å². The molecule has 1 heterocycles. The number of anilines is 1. The van der Waals surface area contributed by atoms with Gasteiger partial charge in [-0.1, -0.05) is 0 Å². The van der Waals surface area contributed by atoms with E-state index >= 15 is 0 Å². The highest BCUT2D eigenvalue weighted by Crippen LogP contribution is 2.17. The van der Waals surface area contributed by atoms with Gasteiger partial charge in [-0.15, -0.1) is 0 Å². The highest BCUT2D eigenvalue weighted by Gasteiger charge is 2.18. The lowest BCUT2D eigenvalue weighted by molar-refractivity contribution is 0.480. The molecule has 0 aliphatic carbocycles. The first kappa shape index (κ1) is 15.6. The highest BCUT2D eigenvalue weighted by molar-refractivity contribution is 7.89. The number of nitrogens with one attached hydrogen (secondary N) is 1. The predicted octanol–water partition coefficient (Wildman–Crippen LogP) is 2.47. The Bertz CT molecular complexity index is 694. The van der Waals surface area contributed by atoms with Crippen LogP contribution in [0.15, 0.2) is 45.9 Å². The van der Waals surface area contributed by atoms with Crippen LogP contribution >= 0.6 is 0 Å². The van der Waals surface area contributed by atoms with E-state index < -0.39 is 10.0 Å². The molecule has 1 unspecified atom stereocenters. The number of nitrogen functional groups attached to an aromatic ring is 1. The maximum absolute atomic E-state index is 12.3. The smallest absolute Gasteiger partial charge is 0.240 e. The molecular weight excluding hydrogens is 288 g/mol. The number of furan rings is 1. The number of hydrogen-bond donors (Lipinski definition) is 2. The van der Waals surface area contributed by atoms with Crippen molar-refractivity contribution in [3.05, 3.63) is 47.9 Å². The van der Waals surface area contributed by atoms with E-state index in [4.69, 9.17) is 10.2 Å². The van der Waals surface area contributed by atoms with Crippen molar-refractivity contribution in [1.82, 2.24) is 4.72 Å². The van der Waals surface area contributed by atoms with Gasteiger partial charge in [0.25, 0.3) is 0 Å². The van der Waals surface area contributed by atoms with Crippen molar-refractivity contribution in [3.8, 4) is 0 Å². The first-order chi connectivity index (χ1) is 9.88. The largest absolute Gasteiger partial charge is 0.469 e. The summed E-state index contributed by atoms with van der Waals surface area (Å²) in [7, 11) is -3.53. The summed E-state index contributed by atoms with van der Waals surface area (Å²) in [6, 6.07) is 8.22. The third kappa shape index (κ3) is 4.09. The predicted molar refractivity (Wildman–Crippen MR) is 82.4 cm³/mol. The zero-order chi connectivity index (χ0) is 15.5. The number of sulfonamides is 1. The summed E-state index contributed by atoms with van der Waals surface area (Å²) in [5, 5.41) is 0. The molecule has 0 fully saturated rings. The van der Waals surface area contributed by atoms with Gasteiger partial charge in [0, 0.05) is 18.2 Å². The molecule has 0 saturated carbocycles. The second kappa shape index (κ2) is 6.32. The minimum Gasteiger partial charge on any atom is -0.469 e. The van der Waals surface area contributed by atoms with E-state index in [-0.39, 0.29) is 10.9 Å². The van der Waals surface area contributed by atoms with E-state index in [1.165, 1.54) is 6.07 Å². The van der Waals surface area contributed by atoms with Crippen LogP contribution in [0.25, 0.3) is 0 Å². The molecule has 0 amide bonds. The molecule has 2 rings (SSSR count). The molecule has 2 aromatic rings. The lowest BCUT2D eigenvalue weighted by atomic mass is 10.2. The van der Waals surface area contributed by atoms with Crippen LogP contribution in [-0.4, -0.2) is 14.5 Å². The number of nitrogens with two attached hydrogens (primary N) is 1. The summed E-state index contributed by atoms with van der Waals surface area (Å²) in [6.07, 6.45) is 2.97. The van der Waals surface area contributed by atoms with Crippen LogP contribution in [0.1, 0.15) is 24.7 Å². The zero-order valence-corrected chi connectivity index (χ0v) is 13.0. The van der Waals surface area contributed by atoms with Gasteiger partial charge < -0.3 is 10.2 Å². The van der Waals surface area contributed by atoms with Gasteiger partial charge >= 0.3 is 0 Å². The average Bonchev–Trinajstić information content (AvgIpc) is 2.92. The first-order valence-corrected chi connectivity index (χ1v) is 8.27. The van der Waals surface area contributed by atoms with Crippen LogP contribution in [0.4, 0.5) is 5.69 Å². The molecule has 0 saturated heterocycles. The number of benzene rings is 1. The molecule has 0 aliphatic heterocycles. The Morgan fingerprint density at radius 2 is 2.10 bits per heavy atom. The number of rotatable bonds is 6. The number of hydrogen-bond acceptors (Lipinski definition) is 4. The van der Waals surface area contributed by atoms with Crippen molar-refractivity contribution in [2.45, 2.75) is 37.6 Å². The fourth-order valence-electron chi connectivity index (χ4n) is 2.02.